The van der Waals surface area contributed by atoms with Crippen LogP contribution in [-0.2, 0) is 6.42 Å². The lowest BCUT2D eigenvalue weighted by Gasteiger charge is -2.13. The lowest BCUT2D eigenvalue weighted by molar-refractivity contribution is 0.102. The molecule has 0 aliphatic heterocycles. The Morgan fingerprint density at radius 3 is 2.38 bits per heavy atom. The third kappa shape index (κ3) is 5.49. The number of anilines is 1. The zero-order valence-electron chi connectivity index (χ0n) is 19.6. The predicted molar refractivity (Wildman–Crippen MR) is 138 cm³/mol. The van der Waals surface area contributed by atoms with Crippen molar-refractivity contribution >= 4 is 11.6 Å². The van der Waals surface area contributed by atoms with E-state index in [9.17, 15) is 9.59 Å². The van der Waals surface area contributed by atoms with Gasteiger partial charge in [0.15, 0.2) is 0 Å². The summed E-state index contributed by atoms with van der Waals surface area (Å²) >= 11 is 0. The molecule has 172 valence electrons. The Labute approximate surface area is 199 Å². The van der Waals surface area contributed by atoms with Crippen LogP contribution in [0, 0.1) is 6.92 Å². The van der Waals surface area contributed by atoms with Crippen molar-refractivity contribution in [2.45, 2.75) is 39.5 Å². The Hall–Kier alpha value is -3.99. The smallest absolute Gasteiger partial charge is 0.261 e. The van der Waals surface area contributed by atoms with Gasteiger partial charge < -0.3 is 10.3 Å². The van der Waals surface area contributed by atoms with Gasteiger partial charge in [-0.1, -0.05) is 73.9 Å². The van der Waals surface area contributed by atoms with Gasteiger partial charge in [-0.05, 0) is 54.7 Å². The quantitative estimate of drug-likeness (QED) is 0.305. The molecule has 0 atom stereocenters. The number of carbonyl (C=O) groups excluding carboxylic acids is 1. The van der Waals surface area contributed by atoms with E-state index in [-0.39, 0.29) is 5.56 Å². The standard InChI is InChI=1S/C29H29N3O2/c1-3-4-5-7-21-11-15-23(16-12-21)26-18-25(22-13-9-20(2)10-14-22)27(29(34)32-26)28(33)31-24-8-6-17-30-19-24/h6,8-19H,3-5,7H2,1-2H3,(H,31,33)(H,32,34). The lowest BCUT2D eigenvalue weighted by atomic mass is 9.96. The van der Waals surface area contributed by atoms with Gasteiger partial charge in [-0.3, -0.25) is 14.6 Å². The third-order valence-corrected chi connectivity index (χ3v) is 5.88. The van der Waals surface area contributed by atoms with Gasteiger partial charge in [-0.2, -0.15) is 0 Å². The molecule has 4 rings (SSSR count). The van der Waals surface area contributed by atoms with Crippen LogP contribution < -0.4 is 10.9 Å². The van der Waals surface area contributed by atoms with Crippen molar-refractivity contribution in [2.24, 2.45) is 0 Å². The van der Waals surface area contributed by atoms with Crippen molar-refractivity contribution in [1.82, 2.24) is 9.97 Å². The number of hydrogen-bond donors (Lipinski definition) is 2. The van der Waals surface area contributed by atoms with Crippen molar-refractivity contribution in [3.05, 3.63) is 106 Å². The number of H-pyrrole nitrogens is 1. The second-order valence-corrected chi connectivity index (χ2v) is 8.52. The summed E-state index contributed by atoms with van der Waals surface area (Å²) in [5.41, 5.74) is 5.55. The van der Waals surface area contributed by atoms with Gasteiger partial charge >= 0.3 is 0 Å². The molecular weight excluding hydrogens is 422 g/mol. The highest BCUT2D eigenvalue weighted by atomic mass is 16.2. The van der Waals surface area contributed by atoms with Crippen LogP contribution in [0.3, 0.4) is 0 Å². The largest absolute Gasteiger partial charge is 0.321 e. The summed E-state index contributed by atoms with van der Waals surface area (Å²) in [4.78, 5) is 33.3. The molecule has 2 aromatic carbocycles. The summed E-state index contributed by atoms with van der Waals surface area (Å²) in [6, 6.07) is 21.5. The molecule has 2 aromatic heterocycles. The van der Waals surface area contributed by atoms with E-state index < -0.39 is 11.5 Å². The fourth-order valence-electron chi connectivity index (χ4n) is 3.96. The van der Waals surface area contributed by atoms with Crippen LogP contribution in [0.4, 0.5) is 5.69 Å². The Kier molecular flexibility index (Phi) is 7.33. The molecule has 4 aromatic rings. The number of nitrogens with one attached hydrogen (secondary N) is 2. The zero-order valence-corrected chi connectivity index (χ0v) is 19.6. The van der Waals surface area contributed by atoms with Gasteiger partial charge in [0.05, 0.1) is 11.9 Å². The average Bonchev–Trinajstić information content (AvgIpc) is 2.85. The molecule has 2 N–H and O–H groups in total. The van der Waals surface area contributed by atoms with E-state index in [1.807, 2.05) is 49.4 Å². The number of nitrogens with zero attached hydrogens (tertiary/aromatic N) is 1. The van der Waals surface area contributed by atoms with Gasteiger partial charge in [-0.25, -0.2) is 0 Å². The number of hydrogen-bond acceptors (Lipinski definition) is 3. The number of amides is 1. The van der Waals surface area contributed by atoms with E-state index >= 15 is 0 Å². The first-order valence-corrected chi connectivity index (χ1v) is 11.7. The average molecular weight is 452 g/mol. The van der Waals surface area contributed by atoms with Crippen LogP contribution in [-0.4, -0.2) is 15.9 Å². The SMILES string of the molecule is CCCCCc1ccc(-c2cc(-c3ccc(C)cc3)c(C(=O)Nc3cccnc3)c(=O)[nH]2)cc1. The van der Waals surface area contributed by atoms with E-state index in [0.29, 0.717) is 16.9 Å². The van der Waals surface area contributed by atoms with E-state index in [1.165, 1.54) is 24.8 Å². The summed E-state index contributed by atoms with van der Waals surface area (Å²) in [6.07, 6.45) is 7.81. The van der Waals surface area contributed by atoms with Gasteiger partial charge in [0.25, 0.3) is 11.5 Å². The van der Waals surface area contributed by atoms with Crippen LogP contribution in [0.25, 0.3) is 22.4 Å². The minimum Gasteiger partial charge on any atom is -0.321 e. The summed E-state index contributed by atoms with van der Waals surface area (Å²) in [7, 11) is 0. The molecule has 0 saturated heterocycles. The molecule has 5 heteroatoms. The molecule has 0 bridgehead atoms. The van der Waals surface area contributed by atoms with Gasteiger partial charge in [0, 0.05) is 17.5 Å². The Bertz CT molecular complexity index is 1310. The first-order chi connectivity index (χ1) is 16.5. The number of unbranched alkanes of at least 4 members (excludes halogenated alkanes) is 2. The van der Waals surface area contributed by atoms with Crippen molar-refractivity contribution in [3.8, 4) is 22.4 Å². The fraction of sp³-hybridized carbons (Fsp3) is 0.207. The molecule has 2 heterocycles. The van der Waals surface area contributed by atoms with Crippen LogP contribution in [0.2, 0.25) is 0 Å². The number of rotatable bonds is 8. The van der Waals surface area contributed by atoms with Gasteiger partial charge in [0.2, 0.25) is 0 Å². The molecule has 1 amide bonds. The third-order valence-electron chi connectivity index (χ3n) is 5.88. The van der Waals surface area contributed by atoms with Crippen LogP contribution in [0.5, 0.6) is 0 Å². The summed E-state index contributed by atoms with van der Waals surface area (Å²) in [6.45, 7) is 4.21. The van der Waals surface area contributed by atoms with E-state index in [0.717, 1.165) is 23.1 Å². The highest BCUT2D eigenvalue weighted by Crippen LogP contribution is 2.27. The first kappa shape index (κ1) is 23.2. The Balaban J connectivity index is 1.73. The van der Waals surface area contributed by atoms with E-state index in [2.05, 4.69) is 34.3 Å². The Morgan fingerprint density at radius 2 is 1.71 bits per heavy atom. The van der Waals surface area contributed by atoms with Crippen molar-refractivity contribution < 1.29 is 4.79 Å². The predicted octanol–water partition coefficient (Wildman–Crippen LogP) is 6.40. The monoisotopic (exact) mass is 451 g/mol. The highest BCUT2D eigenvalue weighted by molar-refractivity contribution is 6.08. The lowest BCUT2D eigenvalue weighted by Crippen LogP contribution is -2.25. The molecule has 0 spiro atoms. The number of benzene rings is 2. The van der Waals surface area contributed by atoms with Crippen LogP contribution in [0.15, 0.2) is 83.9 Å². The fourth-order valence-corrected chi connectivity index (χ4v) is 3.96. The number of aryl methyl sites for hydroxylation is 2. The maximum absolute atomic E-state index is 13.2. The molecular formula is C29H29N3O2. The van der Waals surface area contributed by atoms with Crippen molar-refractivity contribution in [2.75, 3.05) is 5.32 Å². The van der Waals surface area contributed by atoms with E-state index in [4.69, 9.17) is 0 Å². The minimum atomic E-state index is -0.470. The summed E-state index contributed by atoms with van der Waals surface area (Å²) in [5, 5.41) is 2.79. The number of aromatic nitrogens is 2. The topological polar surface area (TPSA) is 74.8 Å². The molecule has 0 radical (unpaired) electrons. The second-order valence-electron chi connectivity index (χ2n) is 8.52. The normalized spacial score (nSPS) is 10.8. The van der Waals surface area contributed by atoms with Crippen molar-refractivity contribution in [1.29, 1.82) is 0 Å². The van der Waals surface area contributed by atoms with Crippen molar-refractivity contribution in [3.63, 3.8) is 0 Å². The first-order valence-electron chi connectivity index (χ1n) is 11.7. The van der Waals surface area contributed by atoms with Crippen LogP contribution in [0.1, 0.15) is 47.7 Å². The number of carbonyl (C=O) groups is 1. The van der Waals surface area contributed by atoms with Crippen LogP contribution >= 0.6 is 0 Å². The molecule has 0 saturated carbocycles. The van der Waals surface area contributed by atoms with Gasteiger partial charge in [0.1, 0.15) is 5.56 Å². The van der Waals surface area contributed by atoms with E-state index in [1.54, 1.807) is 24.5 Å². The van der Waals surface area contributed by atoms with Gasteiger partial charge in [-0.15, -0.1) is 0 Å². The molecule has 0 aliphatic rings. The zero-order chi connectivity index (χ0) is 23.9. The second kappa shape index (κ2) is 10.8. The highest BCUT2D eigenvalue weighted by Gasteiger charge is 2.19. The maximum atomic E-state index is 13.2. The number of pyridine rings is 2. The molecule has 0 fully saturated rings. The molecule has 0 unspecified atom stereocenters. The molecule has 0 aliphatic carbocycles. The maximum Gasteiger partial charge on any atom is 0.261 e. The summed E-state index contributed by atoms with van der Waals surface area (Å²) in [5.74, 6) is -0.470. The molecule has 5 nitrogen and oxygen atoms in total. The minimum absolute atomic E-state index is 0.0765. The summed E-state index contributed by atoms with van der Waals surface area (Å²) < 4.78 is 0. The number of aromatic amines is 1. The Morgan fingerprint density at radius 1 is 0.971 bits per heavy atom. The molecule has 34 heavy (non-hydrogen) atoms.